The summed E-state index contributed by atoms with van der Waals surface area (Å²) in [7, 11) is 0. The molecule has 4 N–H and O–H groups in total. The fourth-order valence-corrected chi connectivity index (χ4v) is 6.98. The molecule has 0 spiro atoms. The van der Waals surface area contributed by atoms with Crippen molar-refractivity contribution in [3.8, 4) is 6.07 Å². The Hall–Kier alpha value is -2.30. The van der Waals surface area contributed by atoms with Crippen LogP contribution in [0.1, 0.15) is 91.4 Å². The number of nitrogens with zero attached hydrogens (tertiary/aromatic N) is 3. The number of likely N-dealkylation sites (tertiary alicyclic amines) is 1. The summed E-state index contributed by atoms with van der Waals surface area (Å²) in [6.07, 6.45) is 8.65. The fraction of sp³-hybridized carbons (Fsp3) is 0.846. The first-order chi connectivity index (χ1) is 16.1. The number of hydrogen-bond donors (Lipinski definition) is 2. The molecule has 0 aromatic rings. The van der Waals surface area contributed by atoms with Crippen LogP contribution < -0.4 is 11.5 Å². The summed E-state index contributed by atoms with van der Waals surface area (Å²) in [5, 5.41) is 9.51. The summed E-state index contributed by atoms with van der Waals surface area (Å²) in [6, 6.07) is 2.00. The van der Waals surface area contributed by atoms with Crippen molar-refractivity contribution in [1.29, 1.82) is 5.26 Å². The molecule has 6 atom stereocenters. The smallest absolute Gasteiger partial charge is 0.306 e. The van der Waals surface area contributed by atoms with E-state index in [0.717, 1.165) is 51.4 Å². The van der Waals surface area contributed by atoms with Crippen LogP contribution in [0.5, 0.6) is 0 Å². The second-order valence-corrected chi connectivity index (χ2v) is 11.6. The summed E-state index contributed by atoms with van der Waals surface area (Å²) in [5.41, 5.74) is 10.00. The maximum absolute atomic E-state index is 13.3. The second kappa shape index (κ2) is 11.0. The van der Waals surface area contributed by atoms with Gasteiger partial charge in [0, 0.05) is 25.9 Å². The van der Waals surface area contributed by atoms with Crippen molar-refractivity contribution in [2.75, 3.05) is 13.1 Å². The molecule has 6 unspecified atom stereocenters. The number of rotatable bonds is 9. The Balaban J connectivity index is 1.66. The average molecular weight is 474 g/mol. The number of nitriles is 1. The van der Waals surface area contributed by atoms with E-state index in [4.69, 9.17) is 16.2 Å². The number of guanidine groups is 1. The SMILES string of the molecule is CCC1CC2CC(C)(CC(=O)N3CC(C)CC3C#N)CC(OC(=O)CCCCN=C(N)N)(C1)C2. The van der Waals surface area contributed by atoms with Gasteiger partial charge in [-0.05, 0) is 74.5 Å². The number of nitrogens with two attached hydrogens (primary N) is 2. The summed E-state index contributed by atoms with van der Waals surface area (Å²) >= 11 is 0. The van der Waals surface area contributed by atoms with Gasteiger partial charge >= 0.3 is 5.97 Å². The van der Waals surface area contributed by atoms with Gasteiger partial charge in [-0.1, -0.05) is 27.2 Å². The van der Waals surface area contributed by atoms with Crippen LogP contribution in [0.25, 0.3) is 0 Å². The largest absolute Gasteiger partial charge is 0.459 e. The van der Waals surface area contributed by atoms with Gasteiger partial charge < -0.3 is 21.1 Å². The molecule has 1 aliphatic heterocycles. The predicted octanol–water partition coefficient (Wildman–Crippen LogP) is 3.49. The zero-order chi connectivity index (χ0) is 24.9. The molecular weight excluding hydrogens is 430 g/mol. The zero-order valence-corrected chi connectivity index (χ0v) is 21.2. The molecule has 0 aromatic carbocycles. The molecule has 0 radical (unpaired) electrons. The number of amides is 1. The minimum absolute atomic E-state index is 0.0702. The lowest BCUT2D eigenvalue weighted by Crippen LogP contribution is -2.52. The number of ether oxygens (including phenoxy) is 1. The molecule has 8 heteroatoms. The van der Waals surface area contributed by atoms with E-state index < -0.39 is 5.60 Å². The van der Waals surface area contributed by atoms with Gasteiger partial charge in [-0.2, -0.15) is 5.26 Å². The molecule has 190 valence electrons. The highest BCUT2D eigenvalue weighted by Gasteiger charge is 2.53. The van der Waals surface area contributed by atoms with Crippen LogP contribution in [0, 0.1) is 34.5 Å². The molecule has 1 amide bonds. The highest BCUT2D eigenvalue weighted by atomic mass is 16.6. The number of fused-ring (bicyclic) bond motifs is 2. The van der Waals surface area contributed by atoms with Crippen LogP contribution >= 0.6 is 0 Å². The summed E-state index contributed by atoms with van der Waals surface area (Å²) in [5.74, 6) is 1.36. The fourth-order valence-electron chi connectivity index (χ4n) is 6.98. The van der Waals surface area contributed by atoms with Crippen molar-refractivity contribution in [2.45, 2.75) is 103 Å². The number of aliphatic imine (C=N–C) groups is 1. The van der Waals surface area contributed by atoms with Gasteiger partial charge in [0.2, 0.25) is 5.91 Å². The molecule has 2 bridgehead atoms. The summed E-state index contributed by atoms with van der Waals surface area (Å²) in [6.45, 7) is 7.67. The topological polar surface area (TPSA) is 135 Å². The van der Waals surface area contributed by atoms with Gasteiger partial charge in [-0.25, -0.2) is 0 Å². The van der Waals surface area contributed by atoms with Crippen LogP contribution in [0.15, 0.2) is 4.99 Å². The molecule has 34 heavy (non-hydrogen) atoms. The normalized spacial score (nSPS) is 34.8. The number of hydrogen-bond acceptors (Lipinski definition) is 5. The van der Waals surface area contributed by atoms with Crippen LogP contribution in [0.3, 0.4) is 0 Å². The van der Waals surface area contributed by atoms with Crippen molar-refractivity contribution >= 4 is 17.8 Å². The van der Waals surface area contributed by atoms with Crippen LogP contribution in [-0.2, 0) is 14.3 Å². The maximum atomic E-state index is 13.3. The third-order valence-electron chi connectivity index (χ3n) is 8.07. The lowest BCUT2D eigenvalue weighted by molar-refractivity contribution is -0.183. The number of unbranched alkanes of at least 4 members (excludes halogenated alkanes) is 1. The Morgan fingerprint density at radius 2 is 1.97 bits per heavy atom. The lowest BCUT2D eigenvalue weighted by atomic mass is 9.56. The van der Waals surface area contributed by atoms with E-state index in [-0.39, 0.29) is 29.3 Å². The van der Waals surface area contributed by atoms with Crippen molar-refractivity contribution in [2.24, 2.45) is 39.6 Å². The minimum Gasteiger partial charge on any atom is -0.459 e. The third-order valence-corrected chi connectivity index (χ3v) is 8.07. The highest BCUT2D eigenvalue weighted by molar-refractivity contribution is 5.78. The first kappa shape index (κ1) is 26.3. The molecule has 1 saturated heterocycles. The molecule has 8 nitrogen and oxygen atoms in total. The quantitative estimate of drug-likeness (QED) is 0.228. The Labute approximate surface area is 204 Å². The molecule has 3 aliphatic rings. The van der Waals surface area contributed by atoms with E-state index in [2.05, 4.69) is 31.8 Å². The van der Waals surface area contributed by atoms with Crippen LogP contribution in [0.2, 0.25) is 0 Å². The summed E-state index contributed by atoms with van der Waals surface area (Å²) < 4.78 is 6.27. The number of esters is 1. The van der Waals surface area contributed by atoms with E-state index >= 15 is 0 Å². The second-order valence-electron chi connectivity index (χ2n) is 11.6. The zero-order valence-electron chi connectivity index (χ0n) is 21.2. The van der Waals surface area contributed by atoms with Crippen molar-refractivity contribution in [3.63, 3.8) is 0 Å². The number of carbonyl (C=O) groups is 2. The summed E-state index contributed by atoms with van der Waals surface area (Å²) in [4.78, 5) is 31.9. The Bertz CT molecular complexity index is 820. The lowest BCUT2D eigenvalue weighted by Gasteiger charge is -2.54. The standard InChI is InChI=1S/C26H43N5O3/c1-4-19-10-20-11-25(3,14-22(32)31-16-18(2)9-21(31)15-27)17-26(12-19,13-20)34-23(33)7-5-6-8-30-24(28)29/h18-21H,4-14,16-17H2,1-3H3,(H4,28,29,30). The van der Waals surface area contributed by atoms with E-state index in [0.29, 0.717) is 50.1 Å². The van der Waals surface area contributed by atoms with Crippen LogP contribution in [0.4, 0.5) is 0 Å². The Kier molecular flexibility index (Phi) is 8.48. The van der Waals surface area contributed by atoms with Crippen molar-refractivity contribution < 1.29 is 14.3 Å². The van der Waals surface area contributed by atoms with E-state index in [1.54, 1.807) is 4.90 Å². The molecule has 3 fully saturated rings. The van der Waals surface area contributed by atoms with Gasteiger partial charge in [0.05, 0.1) is 6.07 Å². The monoisotopic (exact) mass is 473 g/mol. The molecule has 2 saturated carbocycles. The molecule has 2 aliphatic carbocycles. The Morgan fingerprint density at radius 1 is 1.21 bits per heavy atom. The van der Waals surface area contributed by atoms with E-state index in [1.165, 1.54) is 0 Å². The number of carbonyl (C=O) groups excluding carboxylic acids is 2. The molecule has 3 rings (SSSR count). The highest BCUT2D eigenvalue weighted by Crippen LogP contribution is 2.56. The van der Waals surface area contributed by atoms with Gasteiger partial charge in [-0.3, -0.25) is 14.6 Å². The molecule has 0 aromatic heterocycles. The van der Waals surface area contributed by atoms with E-state index in [1.807, 2.05) is 0 Å². The Morgan fingerprint density at radius 3 is 2.65 bits per heavy atom. The molecule has 1 heterocycles. The van der Waals surface area contributed by atoms with Crippen molar-refractivity contribution in [3.05, 3.63) is 0 Å². The molecular formula is C26H43N5O3. The first-order valence-electron chi connectivity index (χ1n) is 13.0. The third kappa shape index (κ3) is 6.64. The van der Waals surface area contributed by atoms with Gasteiger partial charge in [0.25, 0.3) is 0 Å². The van der Waals surface area contributed by atoms with Crippen LogP contribution in [-0.4, -0.2) is 47.5 Å². The van der Waals surface area contributed by atoms with Gasteiger partial charge in [0.1, 0.15) is 11.6 Å². The minimum atomic E-state index is -0.485. The van der Waals surface area contributed by atoms with Gasteiger partial charge in [-0.15, -0.1) is 0 Å². The first-order valence-corrected chi connectivity index (χ1v) is 13.0. The van der Waals surface area contributed by atoms with E-state index in [9.17, 15) is 14.9 Å². The predicted molar refractivity (Wildman–Crippen MR) is 131 cm³/mol. The van der Waals surface area contributed by atoms with Crippen molar-refractivity contribution in [1.82, 2.24) is 4.90 Å². The average Bonchev–Trinajstić information content (AvgIpc) is 3.12. The van der Waals surface area contributed by atoms with Gasteiger partial charge in [0.15, 0.2) is 5.96 Å². The maximum Gasteiger partial charge on any atom is 0.306 e.